The topological polar surface area (TPSA) is 128 Å². The van der Waals surface area contributed by atoms with E-state index in [4.69, 9.17) is 14.6 Å². The average Bonchev–Trinajstić information content (AvgIpc) is 3.40. The van der Waals surface area contributed by atoms with Crippen LogP contribution in [0.2, 0.25) is 0 Å². The summed E-state index contributed by atoms with van der Waals surface area (Å²) in [5.74, 6) is -0.371. The molecule has 0 spiro atoms. The van der Waals surface area contributed by atoms with Gasteiger partial charge in [-0.05, 0) is 37.1 Å². The molecule has 3 N–H and O–H groups in total. The molecular formula is C21H18N4O4. The molecule has 0 radical (unpaired) electrons. The van der Waals surface area contributed by atoms with E-state index in [9.17, 15) is 9.90 Å². The molecule has 2 aromatic carbocycles. The van der Waals surface area contributed by atoms with Crippen molar-refractivity contribution >= 4 is 5.97 Å². The van der Waals surface area contributed by atoms with E-state index in [-0.39, 0.29) is 17.3 Å². The number of aromatic nitrogens is 3. The number of aromatic carboxylic acids is 1. The number of benzene rings is 2. The molecule has 0 unspecified atom stereocenters. The van der Waals surface area contributed by atoms with Crippen LogP contribution in [-0.4, -0.2) is 26.3 Å². The highest BCUT2D eigenvalue weighted by molar-refractivity contribution is 5.91. The number of hydrogen-bond acceptors (Lipinski definition) is 7. The van der Waals surface area contributed by atoms with Gasteiger partial charge in [-0.3, -0.25) is 0 Å². The summed E-state index contributed by atoms with van der Waals surface area (Å²) in [6, 6.07) is 14.4. The summed E-state index contributed by atoms with van der Waals surface area (Å²) < 4.78 is 11.1. The molecule has 0 aliphatic carbocycles. The number of carbonyl (C=O) groups is 1. The fourth-order valence-electron chi connectivity index (χ4n) is 3.03. The summed E-state index contributed by atoms with van der Waals surface area (Å²) in [4.78, 5) is 15.6. The summed E-state index contributed by atoms with van der Waals surface area (Å²) in [5.41, 5.74) is 7.56. The molecule has 8 nitrogen and oxygen atoms in total. The quantitative estimate of drug-likeness (QED) is 0.512. The van der Waals surface area contributed by atoms with Crippen LogP contribution in [0.4, 0.5) is 0 Å². The minimum absolute atomic E-state index is 0.0512. The maximum atomic E-state index is 11.5. The van der Waals surface area contributed by atoms with Gasteiger partial charge in [0.1, 0.15) is 6.26 Å². The number of rotatable bonds is 6. The predicted molar refractivity (Wildman–Crippen MR) is 104 cm³/mol. The van der Waals surface area contributed by atoms with E-state index >= 15 is 0 Å². The second-order valence-electron chi connectivity index (χ2n) is 6.93. The van der Waals surface area contributed by atoms with Gasteiger partial charge in [-0.1, -0.05) is 30.3 Å². The lowest BCUT2D eigenvalue weighted by molar-refractivity contribution is 0.0697. The van der Waals surface area contributed by atoms with Gasteiger partial charge < -0.3 is 19.7 Å². The Morgan fingerprint density at radius 3 is 2.48 bits per heavy atom. The third-order valence-corrected chi connectivity index (χ3v) is 4.43. The normalized spacial score (nSPS) is 13.2. The van der Waals surface area contributed by atoms with E-state index < -0.39 is 11.5 Å². The Hall–Kier alpha value is -3.78. The second kappa shape index (κ2) is 7.33. The van der Waals surface area contributed by atoms with Crippen molar-refractivity contribution in [3.8, 4) is 22.9 Å². The largest absolute Gasteiger partial charge is 0.478 e. The summed E-state index contributed by atoms with van der Waals surface area (Å²) >= 11 is 0. The molecule has 0 aliphatic rings. The highest BCUT2D eigenvalue weighted by Crippen LogP contribution is 2.29. The molecule has 146 valence electrons. The fraction of sp³-hybridized carbons (Fsp3) is 0.143. The standard InChI is InChI=1S/C21H18N4O4/c1-21(22,12-13-5-3-2-4-6-13)20-25-24-18(29-20)15-9-14(17-23-7-8-28-17)10-16(11-15)19(26)27/h2-11H,12,22H2,1H3,(H,26,27)/t21-/m0/s1. The molecule has 4 rings (SSSR count). The smallest absolute Gasteiger partial charge is 0.335 e. The van der Waals surface area contributed by atoms with E-state index in [1.54, 1.807) is 6.07 Å². The molecule has 0 bridgehead atoms. The van der Waals surface area contributed by atoms with Crippen LogP contribution >= 0.6 is 0 Å². The molecule has 0 aliphatic heterocycles. The van der Waals surface area contributed by atoms with Crippen molar-refractivity contribution in [2.75, 3.05) is 0 Å². The van der Waals surface area contributed by atoms with Crippen molar-refractivity contribution < 1.29 is 18.7 Å². The molecule has 1 atom stereocenters. The first-order valence-corrected chi connectivity index (χ1v) is 8.88. The maximum Gasteiger partial charge on any atom is 0.335 e. The van der Waals surface area contributed by atoms with Gasteiger partial charge in [-0.15, -0.1) is 10.2 Å². The van der Waals surface area contributed by atoms with E-state index in [1.807, 2.05) is 37.3 Å². The minimum Gasteiger partial charge on any atom is -0.478 e. The SMILES string of the molecule is C[C@](N)(Cc1ccccc1)c1nnc(-c2cc(C(=O)O)cc(-c3ncco3)c2)o1. The third kappa shape index (κ3) is 3.92. The first-order valence-electron chi connectivity index (χ1n) is 8.88. The third-order valence-electron chi connectivity index (χ3n) is 4.43. The van der Waals surface area contributed by atoms with Crippen LogP contribution in [0.25, 0.3) is 22.9 Å². The maximum absolute atomic E-state index is 11.5. The Bertz CT molecular complexity index is 1130. The van der Waals surface area contributed by atoms with Crippen LogP contribution in [0.15, 0.2) is 69.8 Å². The summed E-state index contributed by atoms with van der Waals surface area (Å²) in [6.45, 7) is 1.81. The fourth-order valence-corrected chi connectivity index (χ4v) is 3.03. The Morgan fingerprint density at radius 2 is 1.83 bits per heavy atom. The van der Waals surface area contributed by atoms with E-state index in [1.165, 1.54) is 24.6 Å². The Labute approximate surface area is 166 Å². The lowest BCUT2D eigenvalue weighted by Gasteiger charge is -2.20. The number of carboxylic acid groups (broad SMARTS) is 1. The molecule has 4 aromatic rings. The van der Waals surface area contributed by atoms with Crippen molar-refractivity contribution in [1.82, 2.24) is 15.2 Å². The highest BCUT2D eigenvalue weighted by atomic mass is 16.4. The molecule has 8 heteroatoms. The number of nitrogens with zero attached hydrogens (tertiary/aromatic N) is 3. The lowest BCUT2D eigenvalue weighted by Crippen LogP contribution is -2.35. The molecule has 0 amide bonds. The Kier molecular flexibility index (Phi) is 4.69. The predicted octanol–water partition coefficient (Wildman–Crippen LogP) is 3.51. The van der Waals surface area contributed by atoms with Crippen molar-refractivity contribution in [1.29, 1.82) is 0 Å². The molecule has 2 heterocycles. The lowest BCUT2D eigenvalue weighted by atomic mass is 9.94. The first-order chi connectivity index (χ1) is 13.9. The van der Waals surface area contributed by atoms with Crippen LogP contribution in [0.1, 0.15) is 28.7 Å². The molecular weight excluding hydrogens is 372 g/mol. The molecule has 0 saturated carbocycles. The highest BCUT2D eigenvalue weighted by Gasteiger charge is 2.29. The van der Waals surface area contributed by atoms with Gasteiger partial charge in [0, 0.05) is 11.1 Å². The summed E-state index contributed by atoms with van der Waals surface area (Å²) in [5, 5.41) is 17.6. The van der Waals surface area contributed by atoms with Crippen molar-refractivity contribution in [3.63, 3.8) is 0 Å². The molecule has 0 fully saturated rings. The van der Waals surface area contributed by atoms with Crippen molar-refractivity contribution in [2.45, 2.75) is 18.9 Å². The van der Waals surface area contributed by atoms with Gasteiger partial charge in [0.25, 0.3) is 0 Å². The second-order valence-corrected chi connectivity index (χ2v) is 6.93. The Morgan fingerprint density at radius 1 is 1.10 bits per heavy atom. The minimum atomic E-state index is -1.09. The number of oxazole rings is 1. The number of carboxylic acids is 1. The zero-order valence-corrected chi connectivity index (χ0v) is 15.6. The van der Waals surface area contributed by atoms with E-state index in [0.29, 0.717) is 23.4 Å². The van der Waals surface area contributed by atoms with Crippen LogP contribution in [-0.2, 0) is 12.0 Å². The van der Waals surface area contributed by atoms with Gasteiger partial charge in [-0.2, -0.15) is 0 Å². The van der Waals surface area contributed by atoms with Crippen LogP contribution < -0.4 is 5.73 Å². The molecule has 0 saturated heterocycles. The zero-order chi connectivity index (χ0) is 20.4. The summed E-state index contributed by atoms with van der Waals surface area (Å²) in [6.07, 6.45) is 3.40. The molecule has 2 aromatic heterocycles. The van der Waals surface area contributed by atoms with Gasteiger partial charge in [0.15, 0.2) is 0 Å². The molecule has 29 heavy (non-hydrogen) atoms. The van der Waals surface area contributed by atoms with Gasteiger partial charge in [0.05, 0.1) is 17.3 Å². The van der Waals surface area contributed by atoms with Crippen LogP contribution in [0.3, 0.4) is 0 Å². The first kappa shape index (κ1) is 18.6. The number of nitrogens with two attached hydrogens (primary N) is 1. The van der Waals surface area contributed by atoms with Crippen molar-refractivity contribution in [2.24, 2.45) is 5.73 Å². The summed E-state index contributed by atoms with van der Waals surface area (Å²) in [7, 11) is 0. The van der Waals surface area contributed by atoms with Gasteiger partial charge in [-0.25, -0.2) is 9.78 Å². The van der Waals surface area contributed by atoms with Gasteiger partial charge >= 0.3 is 5.97 Å². The Balaban J connectivity index is 1.69. The van der Waals surface area contributed by atoms with Gasteiger partial charge in [0.2, 0.25) is 17.7 Å². The number of hydrogen-bond donors (Lipinski definition) is 2. The van der Waals surface area contributed by atoms with E-state index in [2.05, 4.69) is 15.2 Å². The monoisotopic (exact) mass is 390 g/mol. The van der Waals surface area contributed by atoms with Crippen LogP contribution in [0, 0.1) is 0 Å². The van der Waals surface area contributed by atoms with E-state index in [0.717, 1.165) is 5.56 Å². The van der Waals surface area contributed by atoms with Crippen LogP contribution in [0.5, 0.6) is 0 Å². The van der Waals surface area contributed by atoms with Crippen molar-refractivity contribution in [3.05, 3.63) is 78.0 Å². The average molecular weight is 390 g/mol. The zero-order valence-electron chi connectivity index (χ0n) is 15.6.